The number of H-pyrrole nitrogens is 1. The molecule has 0 spiro atoms. The number of nitrogens with one attached hydrogen (secondary N) is 2. The van der Waals surface area contributed by atoms with E-state index in [1.165, 1.54) is 23.9 Å². The lowest BCUT2D eigenvalue weighted by Gasteiger charge is -2.12. The van der Waals surface area contributed by atoms with Crippen molar-refractivity contribution >= 4 is 28.6 Å². The van der Waals surface area contributed by atoms with Gasteiger partial charge in [0.15, 0.2) is 0 Å². The maximum Gasteiger partial charge on any atom is 0.233 e. The average molecular weight is 425 g/mol. The zero-order valence-corrected chi connectivity index (χ0v) is 17.4. The van der Waals surface area contributed by atoms with E-state index < -0.39 is 0 Å². The van der Waals surface area contributed by atoms with Crippen LogP contribution in [-0.4, -0.2) is 42.9 Å². The molecule has 0 bridgehead atoms. The second-order valence-electron chi connectivity index (χ2n) is 6.96. The van der Waals surface area contributed by atoms with Crippen molar-refractivity contribution in [2.75, 3.05) is 6.54 Å². The molecule has 2 heterocycles. The molecule has 154 valence electrons. The second-order valence-corrected chi connectivity index (χ2v) is 8.27. The van der Waals surface area contributed by atoms with Crippen LogP contribution in [0.2, 0.25) is 0 Å². The molecule has 2 aromatic carbocycles. The predicted molar refractivity (Wildman–Crippen MR) is 114 cm³/mol. The predicted octanol–water partition coefficient (Wildman–Crippen LogP) is 3.43. The number of para-hydroxylation sites is 1. The summed E-state index contributed by atoms with van der Waals surface area (Å²) in [6, 6.07) is 12.4. The molecular weight excluding hydrogens is 403 g/mol. The lowest BCUT2D eigenvalue weighted by Crippen LogP contribution is -2.32. The number of halogens is 1. The monoisotopic (exact) mass is 424 g/mol. The Hall–Kier alpha value is -3.20. The van der Waals surface area contributed by atoms with Crippen LogP contribution in [0, 0.1) is 12.7 Å². The number of rotatable bonds is 7. The molecule has 2 aromatic heterocycles. The van der Waals surface area contributed by atoms with E-state index in [2.05, 4.69) is 25.8 Å². The number of thioether (sulfide) groups is 1. The summed E-state index contributed by atoms with van der Waals surface area (Å²) in [7, 11) is 0. The van der Waals surface area contributed by atoms with Crippen LogP contribution in [0.25, 0.3) is 16.6 Å². The fraction of sp³-hybridized carbons (Fsp3) is 0.238. The van der Waals surface area contributed by atoms with Gasteiger partial charge in [-0.1, -0.05) is 30.0 Å². The molecule has 0 saturated heterocycles. The van der Waals surface area contributed by atoms with Gasteiger partial charge in [-0.05, 0) is 66.1 Å². The van der Waals surface area contributed by atoms with E-state index in [1.54, 1.807) is 10.7 Å². The third kappa shape index (κ3) is 4.20. The van der Waals surface area contributed by atoms with Gasteiger partial charge in [0.05, 0.1) is 10.9 Å². The van der Waals surface area contributed by atoms with Gasteiger partial charge in [0.1, 0.15) is 5.82 Å². The normalized spacial score (nSPS) is 12.2. The van der Waals surface area contributed by atoms with Gasteiger partial charge >= 0.3 is 0 Å². The molecule has 1 amide bonds. The molecule has 2 N–H and O–H groups in total. The molecule has 0 aliphatic carbocycles. The molecule has 1 atom stereocenters. The zero-order valence-electron chi connectivity index (χ0n) is 16.6. The fourth-order valence-corrected chi connectivity index (χ4v) is 4.06. The van der Waals surface area contributed by atoms with Crippen molar-refractivity contribution in [3.05, 3.63) is 65.6 Å². The number of carbonyl (C=O) groups is 1. The van der Waals surface area contributed by atoms with Gasteiger partial charge in [-0.25, -0.2) is 4.39 Å². The Morgan fingerprint density at radius 2 is 2.13 bits per heavy atom. The van der Waals surface area contributed by atoms with Gasteiger partial charge in [0, 0.05) is 23.6 Å². The topological polar surface area (TPSA) is 88.5 Å². The first-order chi connectivity index (χ1) is 14.5. The molecule has 30 heavy (non-hydrogen) atoms. The van der Waals surface area contributed by atoms with E-state index in [9.17, 15) is 9.18 Å². The summed E-state index contributed by atoms with van der Waals surface area (Å²) in [4.78, 5) is 15.7. The van der Waals surface area contributed by atoms with Gasteiger partial charge in [0.2, 0.25) is 11.1 Å². The highest BCUT2D eigenvalue weighted by molar-refractivity contribution is 8.00. The summed E-state index contributed by atoms with van der Waals surface area (Å²) in [5.74, 6) is -0.380. The lowest BCUT2D eigenvalue weighted by molar-refractivity contribution is -0.120. The van der Waals surface area contributed by atoms with E-state index >= 15 is 0 Å². The maximum absolute atomic E-state index is 13.5. The van der Waals surface area contributed by atoms with Gasteiger partial charge in [-0.15, -0.1) is 5.10 Å². The van der Waals surface area contributed by atoms with Gasteiger partial charge in [-0.3, -0.25) is 4.79 Å². The number of amides is 1. The smallest absolute Gasteiger partial charge is 0.233 e. The molecule has 0 aliphatic heterocycles. The SMILES string of the molecule is Cc1ccccc1-n1nnnc1SC(C)C(=O)NCCc1c[nH]c2ccc(F)cc12. The standard InChI is InChI=1S/C21H21FN6OS/c1-13-5-3-4-6-19(13)28-21(25-26-27-28)30-14(2)20(29)23-10-9-15-12-24-18-8-7-16(22)11-17(15)18/h3-8,11-12,14,24H,9-10H2,1-2H3,(H,23,29). The van der Waals surface area contributed by atoms with Crippen LogP contribution in [0.1, 0.15) is 18.1 Å². The average Bonchev–Trinajstić information content (AvgIpc) is 3.35. The van der Waals surface area contributed by atoms with Crippen LogP contribution < -0.4 is 5.32 Å². The van der Waals surface area contributed by atoms with Crippen molar-refractivity contribution in [1.29, 1.82) is 0 Å². The summed E-state index contributed by atoms with van der Waals surface area (Å²) in [5.41, 5.74) is 3.77. The minimum absolute atomic E-state index is 0.106. The zero-order chi connectivity index (χ0) is 21.1. The number of tetrazole rings is 1. The van der Waals surface area contributed by atoms with Gasteiger partial charge in [-0.2, -0.15) is 4.68 Å². The molecule has 0 fully saturated rings. The van der Waals surface area contributed by atoms with Crippen molar-refractivity contribution in [2.45, 2.75) is 30.7 Å². The van der Waals surface area contributed by atoms with E-state index in [0.717, 1.165) is 27.7 Å². The van der Waals surface area contributed by atoms with E-state index in [0.29, 0.717) is 18.1 Å². The minimum atomic E-state index is -0.376. The van der Waals surface area contributed by atoms with E-state index in [4.69, 9.17) is 0 Å². The first-order valence-electron chi connectivity index (χ1n) is 9.57. The van der Waals surface area contributed by atoms with Crippen LogP contribution in [0.4, 0.5) is 4.39 Å². The number of carbonyl (C=O) groups excluding carboxylic acids is 1. The fourth-order valence-electron chi connectivity index (χ4n) is 3.24. The van der Waals surface area contributed by atoms with Crippen LogP contribution in [0.15, 0.2) is 53.8 Å². The molecule has 7 nitrogen and oxygen atoms in total. The Morgan fingerprint density at radius 3 is 2.97 bits per heavy atom. The molecular formula is C21H21FN6OS. The molecule has 0 saturated carbocycles. The summed E-state index contributed by atoms with van der Waals surface area (Å²) in [5, 5.41) is 15.8. The molecule has 9 heteroatoms. The summed E-state index contributed by atoms with van der Waals surface area (Å²) >= 11 is 1.30. The summed E-state index contributed by atoms with van der Waals surface area (Å²) in [6.45, 7) is 4.26. The highest BCUT2D eigenvalue weighted by atomic mass is 32.2. The highest BCUT2D eigenvalue weighted by Gasteiger charge is 2.19. The maximum atomic E-state index is 13.5. The number of aromatic amines is 1. The molecule has 4 rings (SSSR count). The van der Waals surface area contributed by atoms with Crippen molar-refractivity contribution in [3.8, 4) is 5.69 Å². The van der Waals surface area contributed by atoms with Crippen LogP contribution in [0.5, 0.6) is 0 Å². The first kappa shape index (κ1) is 20.1. The molecule has 1 unspecified atom stereocenters. The van der Waals surface area contributed by atoms with E-state index in [-0.39, 0.29) is 17.0 Å². The van der Waals surface area contributed by atoms with Crippen LogP contribution in [-0.2, 0) is 11.2 Å². The van der Waals surface area contributed by atoms with E-state index in [1.807, 2.05) is 44.3 Å². The Bertz CT molecular complexity index is 1190. The highest BCUT2D eigenvalue weighted by Crippen LogP contribution is 2.24. The third-order valence-electron chi connectivity index (χ3n) is 4.86. The third-order valence-corrected chi connectivity index (χ3v) is 5.89. The first-order valence-corrected chi connectivity index (χ1v) is 10.4. The van der Waals surface area contributed by atoms with Crippen molar-refractivity contribution in [3.63, 3.8) is 0 Å². The molecule has 4 aromatic rings. The number of nitrogens with zero attached hydrogens (tertiary/aromatic N) is 4. The van der Waals surface area contributed by atoms with Gasteiger partial charge < -0.3 is 10.3 Å². The Labute approximate surface area is 177 Å². The Morgan fingerprint density at radius 1 is 1.30 bits per heavy atom. The van der Waals surface area contributed by atoms with Crippen molar-refractivity contribution in [2.24, 2.45) is 0 Å². The number of benzene rings is 2. The summed E-state index contributed by atoms with van der Waals surface area (Å²) < 4.78 is 15.1. The number of hydrogen-bond acceptors (Lipinski definition) is 5. The minimum Gasteiger partial charge on any atom is -0.361 e. The van der Waals surface area contributed by atoms with Gasteiger partial charge in [0.25, 0.3) is 0 Å². The van der Waals surface area contributed by atoms with Crippen LogP contribution in [0.3, 0.4) is 0 Å². The quantitative estimate of drug-likeness (QED) is 0.444. The van der Waals surface area contributed by atoms with Crippen molar-refractivity contribution < 1.29 is 9.18 Å². The number of fused-ring (bicyclic) bond motifs is 1. The van der Waals surface area contributed by atoms with Crippen LogP contribution >= 0.6 is 11.8 Å². The molecule has 0 radical (unpaired) electrons. The Balaban J connectivity index is 1.36. The summed E-state index contributed by atoms with van der Waals surface area (Å²) in [6.07, 6.45) is 2.46. The Kier molecular flexibility index (Phi) is 5.80. The number of aromatic nitrogens is 5. The number of aryl methyl sites for hydroxylation is 1. The second kappa shape index (κ2) is 8.66. The lowest BCUT2D eigenvalue weighted by atomic mass is 10.1. The largest absolute Gasteiger partial charge is 0.361 e. The van der Waals surface area contributed by atoms with Crippen molar-refractivity contribution in [1.82, 2.24) is 30.5 Å². The number of hydrogen-bond donors (Lipinski definition) is 2. The molecule has 0 aliphatic rings.